The van der Waals surface area contributed by atoms with Crippen LogP contribution in [0, 0.1) is 200 Å². The van der Waals surface area contributed by atoms with Gasteiger partial charge in [-0.3, -0.25) is 0 Å². The molecule has 9 aromatic heterocycles. The predicted octanol–water partition coefficient (Wildman–Crippen LogP) is 8.53. The van der Waals surface area contributed by atoms with E-state index < -0.39 is 204 Å². The van der Waals surface area contributed by atoms with Crippen LogP contribution in [0.2, 0.25) is 0 Å². The molecule has 3 aliphatic rings. The predicted molar refractivity (Wildman–Crippen MR) is 359 cm³/mol. The molecule has 0 aliphatic heterocycles. The van der Waals surface area contributed by atoms with Crippen molar-refractivity contribution in [1.82, 2.24) is 135 Å². The minimum atomic E-state index is -5.14. The lowest BCUT2D eigenvalue weighted by molar-refractivity contribution is -0.146. The molecule has 586 valence electrons. The number of hydrogen-bond acceptors (Lipinski definition) is 36. The molecule has 3 fully saturated rings. The van der Waals surface area contributed by atoms with Crippen LogP contribution in [0.4, 0.5) is 73.4 Å². The summed E-state index contributed by atoms with van der Waals surface area (Å²) < 4.78 is 189. The zero-order valence-corrected chi connectivity index (χ0v) is 59.6. The lowest BCUT2D eigenvalue weighted by atomic mass is 10.2. The molecule has 0 aromatic carbocycles. The summed E-state index contributed by atoms with van der Waals surface area (Å²) in [6.45, 7) is 43.2. The van der Waals surface area contributed by atoms with Gasteiger partial charge in [-0.1, -0.05) is 0 Å². The largest absolute Gasteiger partial charge is 0.451 e. The van der Waals surface area contributed by atoms with Crippen molar-refractivity contribution in [3.8, 4) is 54.6 Å². The van der Waals surface area contributed by atoms with Crippen molar-refractivity contribution in [3.05, 3.63) is 254 Å². The molecule has 3 saturated carbocycles. The van der Waals surface area contributed by atoms with Gasteiger partial charge in [0, 0.05) is 50.2 Å². The first kappa shape index (κ1) is 85.1. The molecule has 0 unspecified atom stereocenters. The SMILES string of the molecule is [C-]#[N+]C(=C1C(=C(C#N)c2nc(C)nc(C#N)n2)C1=C(C#N)c1nc(C#N)nc([N+]#[C-])n1)c1nc(C#N)nc([N+]#[C-])n1.[C-]#[N+]C(=C1C(=C(C#N)c2nc(C)nc(C(F)(F)F)n2)C1=C(C#N)c1nc(C)nc(C(F)(F)F)n1)c1nc(C)nc(C(F)(F)F)n1.[C-]#[N+]C(=C1C(=C(C#N)c2nc(C)nc(F)n2)C1=C(C#N)c1nc(F)nc(F)n1)c1nc(F)nc(F)n1. The maximum Gasteiger partial charge on any atom is 0.451 e. The van der Waals surface area contributed by atoms with E-state index in [1.54, 1.807) is 30.3 Å². The minimum Gasteiger partial charge on any atom is -0.394 e. The van der Waals surface area contributed by atoms with E-state index in [9.17, 15) is 109 Å². The molecule has 0 atom stereocenters. The first-order chi connectivity index (χ1) is 57.8. The number of alkyl halides is 9. The summed E-state index contributed by atoms with van der Waals surface area (Å²) >= 11 is 0. The molecule has 41 nitrogen and oxygen atoms in total. The van der Waals surface area contributed by atoms with Gasteiger partial charge in [0.05, 0.1) is 19.7 Å². The van der Waals surface area contributed by atoms with E-state index in [-0.39, 0.29) is 73.6 Å². The van der Waals surface area contributed by atoms with Crippen LogP contribution in [0.25, 0.3) is 74.8 Å². The highest BCUT2D eigenvalue weighted by atomic mass is 19.4. The molecule has 9 aromatic rings. The van der Waals surface area contributed by atoms with E-state index >= 15 is 0 Å². The Hall–Kier alpha value is -19.4. The maximum atomic E-state index is 13.8. The highest BCUT2D eigenvalue weighted by Crippen LogP contribution is 2.58. The Morgan fingerprint density at radius 2 is 0.459 bits per heavy atom. The van der Waals surface area contributed by atoms with Crippen molar-refractivity contribution in [2.45, 2.75) is 53.1 Å². The van der Waals surface area contributed by atoms with E-state index in [2.05, 4.69) is 159 Å². The molecule has 0 N–H and O–H groups in total. The van der Waals surface area contributed by atoms with Gasteiger partial charge in [-0.15, -0.1) is 33.1 Å². The summed E-state index contributed by atoms with van der Waals surface area (Å²) in [5, 5.41) is 87.5. The molecule has 0 radical (unpaired) electrons. The van der Waals surface area contributed by atoms with Gasteiger partial charge in [-0.2, -0.15) is 164 Å². The number of rotatable bonds is 9. The topological polar surface area (TPSA) is 584 Å². The van der Waals surface area contributed by atoms with Crippen LogP contribution in [-0.4, -0.2) is 135 Å². The van der Waals surface area contributed by atoms with Crippen LogP contribution in [0.1, 0.15) is 116 Å². The van der Waals surface area contributed by atoms with Gasteiger partial charge in [0.15, 0.2) is 52.9 Å². The first-order valence-corrected chi connectivity index (χ1v) is 31.2. The second-order valence-electron chi connectivity index (χ2n) is 22.3. The van der Waals surface area contributed by atoms with Gasteiger partial charge in [0.25, 0.3) is 17.3 Å². The van der Waals surface area contributed by atoms with Gasteiger partial charge in [0.2, 0.25) is 46.3 Å². The molecule has 122 heavy (non-hydrogen) atoms. The quantitative estimate of drug-likeness (QED) is 0.0741. The maximum absolute atomic E-state index is 13.8. The Bertz CT molecular complexity index is 6480. The fourth-order valence-corrected chi connectivity index (χ4v) is 10.1. The van der Waals surface area contributed by atoms with E-state index in [1.807, 2.05) is 12.1 Å². The second-order valence-corrected chi connectivity index (χ2v) is 22.3. The Kier molecular flexibility index (Phi) is 23.5. The number of hydrogen-bond donors (Lipinski definition) is 0. The molecule has 9 heterocycles. The molecular weight excluding hydrogens is 1640 g/mol. The lowest BCUT2D eigenvalue weighted by Crippen LogP contribution is -2.15. The zero-order chi connectivity index (χ0) is 89.5. The van der Waals surface area contributed by atoms with Crippen molar-refractivity contribution < 1.29 is 61.5 Å². The van der Waals surface area contributed by atoms with Crippen molar-refractivity contribution in [3.63, 3.8) is 0 Å². The van der Waals surface area contributed by atoms with Crippen LogP contribution in [0.5, 0.6) is 0 Å². The zero-order valence-electron chi connectivity index (χ0n) is 59.6. The van der Waals surface area contributed by atoms with Gasteiger partial charge in [-0.25, -0.2) is 74.3 Å². The number of allylic oxidation sites excluding steroid dienone is 15. The lowest BCUT2D eigenvalue weighted by Gasteiger charge is -2.07. The van der Waals surface area contributed by atoms with Crippen LogP contribution in [-0.2, 0) is 18.5 Å². The van der Waals surface area contributed by atoms with Gasteiger partial charge >= 0.3 is 60.8 Å². The number of halogens is 14. The van der Waals surface area contributed by atoms with E-state index in [0.29, 0.717) is 0 Å². The van der Waals surface area contributed by atoms with Crippen molar-refractivity contribution in [2.24, 2.45) is 0 Å². The summed E-state index contributed by atoms with van der Waals surface area (Å²) in [4.78, 5) is 110. The summed E-state index contributed by atoms with van der Waals surface area (Å²) in [5.41, 5.74) is -8.52. The van der Waals surface area contributed by atoms with Crippen LogP contribution in [0.15, 0.2) is 50.2 Å². The number of nitriles is 9. The molecule has 3 aliphatic carbocycles. The summed E-state index contributed by atoms with van der Waals surface area (Å²) in [5.74, 6) is -15.2. The monoisotopic (exact) mass is 1660 g/mol. The smallest absolute Gasteiger partial charge is 0.394 e. The Balaban J connectivity index is 0.000000193. The van der Waals surface area contributed by atoms with Crippen molar-refractivity contribution in [2.75, 3.05) is 0 Å². The third kappa shape index (κ3) is 17.8. The highest BCUT2D eigenvalue weighted by Gasteiger charge is 2.49. The standard InChI is InChI=1S/C24H9F9N12.C24H3N17.C19H3F5N12/c1-7-37-16(43-19(40-7)22(25,26)27)10(5-34)12-13(11(6-35)17-38-8(2)41-20(44-17)23(28,29)30)14(12)15(36-4)18-39-9(3)42-21(45-18)24(31,32)33;1-10-33-13(7-27)35-20(34-10)11(5-25)16-17(12(6-26)21-36-14(8-28)38-23(31-3)40-21)18(16)19(30-2)22-37-15(9-29)39-24(32-4)41-22;1-5-28-12(30-15(20)29-5)6(3-25)8-9(7(4-26)13-31-16(21)35-17(22)32-13)10(8)11(27-2)14-33-18(23)36-19(24)34-14/h1-3H3;1H3;1H3. The average Bonchev–Trinajstić information content (AvgIpc) is 1.57. The third-order valence-electron chi connectivity index (χ3n) is 14.6. The molecule has 0 amide bonds. The van der Waals surface area contributed by atoms with Crippen LogP contribution < -0.4 is 0 Å². The first-order valence-electron chi connectivity index (χ1n) is 31.2. The highest BCUT2D eigenvalue weighted by molar-refractivity contribution is 6.12. The Labute approximate surface area is 665 Å². The summed E-state index contributed by atoms with van der Waals surface area (Å²) in [6.07, 6.45) is -23.0. The normalized spacial score (nSPS) is 15.5. The number of aryl methyl sites for hydroxylation is 5. The van der Waals surface area contributed by atoms with Crippen LogP contribution in [0.3, 0.4) is 0 Å². The Morgan fingerprint density at radius 3 is 0.746 bits per heavy atom. The van der Waals surface area contributed by atoms with E-state index in [4.69, 9.17) is 32.9 Å². The van der Waals surface area contributed by atoms with Gasteiger partial charge in [-0.05, 0) is 34.6 Å². The van der Waals surface area contributed by atoms with Gasteiger partial charge in [0.1, 0.15) is 105 Å². The molecule has 12 rings (SSSR count). The van der Waals surface area contributed by atoms with Crippen molar-refractivity contribution >= 4 is 62.4 Å². The summed E-state index contributed by atoms with van der Waals surface area (Å²) in [7, 11) is 0. The summed E-state index contributed by atoms with van der Waals surface area (Å²) in [6, 6.07) is 15.1. The van der Waals surface area contributed by atoms with Crippen LogP contribution >= 0.6 is 0 Å². The van der Waals surface area contributed by atoms with E-state index in [0.717, 1.165) is 20.8 Å². The number of nitrogens with zero attached hydrogens (tertiary/aromatic N) is 41. The van der Waals surface area contributed by atoms with Gasteiger partial charge < -0.3 is 9.69 Å². The average molecular weight is 1660 g/mol. The molecule has 0 spiro atoms. The third-order valence-corrected chi connectivity index (χ3v) is 14.6. The Morgan fingerprint density at radius 1 is 0.246 bits per heavy atom. The molecule has 0 saturated heterocycles. The fourth-order valence-electron chi connectivity index (χ4n) is 10.1. The van der Waals surface area contributed by atoms with E-state index in [1.165, 1.54) is 26.0 Å². The molecule has 0 bridgehead atoms. The molecule has 55 heteroatoms. The second kappa shape index (κ2) is 33.7. The fraction of sp³-hybridized carbons (Fsp3) is 0.119. The molecular formula is C67H15F14N41. The number of aromatic nitrogens is 27. The van der Waals surface area contributed by atoms with Crippen molar-refractivity contribution in [1.29, 1.82) is 47.4 Å². The minimum absolute atomic E-state index is 0.0592.